The van der Waals surface area contributed by atoms with Crippen molar-refractivity contribution in [2.75, 3.05) is 14.1 Å². The normalized spacial score (nSPS) is 8.57. The molecule has 82 valence electrons. The van der Waals surface area contributed by atoms with E-state index in [1.54, 1.807) is 14.1 Å². The minimum absolute atomic E-state index is 0.312. The molecule has 0 heterocycles. The number of rotatable bonds is 3. The van der Waals surface area contributed by atoms with Gasteiger partial charge in [-0.25, -0.2) is 9.98 Å². The zero-order valence-electron chi connectivity index (χ0n) is 9.98. The quantitative estimate of drug-likeness (QED) is 0.504. The van der Waals surface area contributed by atoms with Crippen LogP contribution in [0.15, 0.2) is 9.98 Å². The summed E-state index contributed by atoms with van der Waals surface area (Å²) in [6.45, 7) is 8.01. The molecule has 0 saturated carbocycles. The second kappa shape index (κ2) is 9.93. The summed E-state index contributed by atoms with van der Waals surface area (Å²) >= 11 is 0. The van der Waals surface area contributed by atoms with Crippen molar-refractivity contribution < 1.29 is 4.79 Å². The summed E-state index contributed by atoms with van der Waals surface area (Å²) in [5, 5.41) is 0. The van der Waals surface area contributed by atoms with E-state index in [-0.39, 0.29) is 0 Å². The first kappa shape index (κ1) is 15.3. The molecule has 14 heavy (non-hydrogen) atoms. The van der Waals surface area contributed by atoms with Crippen molar-refractivity contribution in [3.05, 3.63) is 0 Å². The Morgan fingerprint density at radius 2 is 1.36 bits per heavy atom. The standard InChI is InChI=1S/C7H14N2.C3H7NO/c1-6(2)8-5-9-7(3)4;1-4(2)3-5/h6-7H,1-4H3;3H,1-2H3. The van der Waals surface area contributed by atoms with Gasteiger partial charge in [-0.1, -0.05) is 0 Å². The molecule has 0 aromatic rings. The summed E-state index contributed by atoms with van der Waals surface area (Å²) in [6, 6.07) is 3.26. The van der Waals surface area contributed by atoms with Crippen LogP contribution in [-0.4, -0.2) is 43.5 Å². The van der Waals surface area contributed by atoms with Gasteiger partial charge in [-0.3, -0.25) is 4.79 Å². The second-order valence-corrected chi connectivity index (χ2v) is 3.61. The fourth-order valence-electron chi connectivity index (χ4n) is 0.264. The molecular weight excluding hydrogens is 178 g/mol. The van der Waals surface area contributed by atoms with Crippen LogP contribution in [0.5, 0.6) is 0 Å². The molecule has 0 aliphatic carbocycles. The average molecular weight is 199 g/mol. The Kier molecular flexibility index (Phi) is 10.9. The number of hydrogen-bond donors (Lipinski definition) is 0. The number of hydrogen-bond acceptors (Lipinski definition) is 3. The van der Waals surface area contributed by atoms with Crippen LogP contribution in [0.2, 0.25) is 0 Å². The Labute approximate surface area is 86.7 Å². The van der Waals surface area contributed by atoms with Crippen molar-refractivity contribution in [2.45, 2.75) is 39.8 Å². The summed E-state index contributed by atoms with van der Waals surface area (Å²) in [7, 11) is 3.38. The Morgan fingerprint density at radius 3 is 1.50 bits per heavy atom. The van der Waals surface area contributed by atoms with Gasteiger partial charge in [0.1, 0.15) is 0 Å². The summed E-state index contributed by atoms with van der Waals surface area (Å²) in [6.07, 6.45) is 0.750. The van der Waals surface area contributed by atoms with Crippen molar-refractivity contribution in [1.29, 1.82) is 0 Å². The van der Waals surface area contributed by atoms with Gasteiger partial charge in [0.15, 0.2) is 0 Å². The lowest BCUT2D eigenvalue weighted by molar-refractivity contribution is -0.115. The van der Waals surface area contributed by atoms with Crippen LogP contribution in [0.3, 0.4) is 0 Å². The summed E-state index contributed by atoms with van der Waals surface area (Å²) in [4.78, 5) is 18.8. The van der Waals surface area contributed by atoms with E-state index in [9.17, 15) is 4.79 Å². The highest BCUT2D eigenvalue weighted by Crippen LogP contribution is 1.84. The molecule has 0 spiro atoms. The highest BCUT2D eigenvalue weighted by molar-refractivity contribution is 5.45. The van der Waals surface area contributed by atoms with E-state index in [0.29, 0.717) is 12.1 Å². The van der Waals surface area contributed by atoms with Gasteiger partial charge >= 0.3 is 0 Å². The summed E-state index contributed by atoms with van der Waals surface area (Å²) < 4.78 is 0. The van der Waals surface area contributed by atoms with E-state index in [4.69, 9.17) is 0 Å². The Balaban J connectivity index is 0. The van der Waals surface area contributed by atoms with Gasteiger partial charge in [0.05, 0.1) is 18.1 Å². The Morgan fingerprint density at radius 1 is 1.07 bits per heavy atom. The van der Waals surface area contributed by atoms with Crippen LogP contribution in [0.1, 0.15) is 27.7 Å². The van der Waals surface area contributed by atoms with Gasteiger partial charge in [-0.2, -0.15) is 0 Å². The topological polar surface area (TPSA) is 45.0 Å². The van der Waals surface area contributed by atoms with E-state index < -0.39 is 0 Å². The molecular formula is C10H21N3O. The van der Waals surface area contributed by atoms with Crippen LogP contribution >= 0.6 is 0 Å². The van der Waals surface area contributed by atoms with Gasteiger partial charge in [0, 0.05) is 14.1 Å². The zero-order valence-corrected chi connectivity index (χ0v) is 9.98. The molecule has 0 aromatic heterocycles. The van der Waals surface area contributed by atoms with Crippen molar-refractivity contribution in [1.82, 2.24) is 4.90 Å². The van der Waals surface area contributed by atoms with E-state index in [0.717, 1.165) is 6.41 Å². The SMILES string of the molecule is CC(C)N=C=NC(C)C.CN(C)C=O. The smallest absolute Gasteiger partial charge is 0.209 e. The van der Waals surface area contributed by atoms with Crippen molar-refractivity contribution in [3.8, 4) is 0 Å². The highest BCUT2D eigenvalue weighted by Gasteiger charge is 1.82. The molecule has 4 nitrogen and oxygen atoms in total. The van der Waals surface area contributed by atoms with Gasteiger partial charge in [-0.15, -0.1) is 0 Å². The predicted molar refractivity (Wildman–Crippen MR) is 59.9 cm³/mol. The fraction of sp³-hybridized carbons (Fsp3) is 0.800. The maximum Gasteiger partial charge on any atom is 0.209 e. The highest BCUT2D eigenvalue weighted by atomic mass is 16.1. The number of carbonyl (C=O) groups excluding carboxylic acids is 1. The minimum atomic E-state index is 0.312. The number of amides is 1. The molecule has 0 bridgehead atoms. The molecule has 4 heteroatoms. The number of aliphatic imine (C=N–C) groups is 2. The average Bonchev–Trinajstić information content (AvgIpc) is 2.04. The molecule has 0 atom stereocenters. The number of carbonyl (C=O) groups is 1. The van der Waals surface area contributed by atoms with Crippen LogP contribution in [-0.2, 0) is 4.79 Å². The lowest BCUT2D eigenvalue weighted by Gasteiger charge is -1.93. The Bertz CT molecular complexity index is 180. The fourth-order valence-corrected chi connectivity index (χ4v) is 0.264. The Hall–Kier alpha value is -1.15. The van der Waals surface area contributed by atoms with Gasteiger partial charge in [0.2, 0.25) is 6.41 Å². The lowest BCUT2D eigenvalue weighted by Crippen LogP contribution is -2.06. The summed E-state index contributed by atoms with van der Waals surface area (Å²) in [5.41, 5.74) is 0. The third-order valence-corrected chi connectivity index (χ3v) is 0.843. The third-order valence-electron chi connectivity index (χ3n) is 0.843. The molecule has 0 radical (unpaired) electrons. The molecule has 0 fully saturated rings. The first-order valence-electron chi connectivity index (χ1n) is 4.66. The van der Waals surface area contributed by atoms with E-state index in [1.807, 2.05) is 27.7 Å². The number of nitrogens with zero attached hydrogens (tertiary/aromatic N) is 3. The van der Waals surface area contributed by atoms with Gasteiger partial charge < -0.3 is 4.90 Å². The monoisotopic (exact) mass is 199 g/mol. The molecule has 0 rings (SSSR count). The van der Waals surface area contributed by atoms with Crippen LogP contribution in [0, 0.1) is 0 Å². The van der Waals surface area contributed by atoms with Gasteiger partial charge in [0.25, 0.3) is 0 Å². The van der Waals surface area contributed by atoms with E-state index in [2.05, 4.69) is 16.0 Å². The molecule has 0 aromatic carbocycles. The van der Waals surface area contributed by atoms with E-state index >= 15 is 0 Å². The summed E-state index contributed by atoms with van der Waals surface area (Å²) in [5.74, 6) is 0. The maximum absolute atomic E-state index is 9.43. The van der Waals surface area contributed by atoms with Crippen molar-refractivity contribution >= 4 is 12.4 Å². The van der Waals surface area contributed by atoms with Crippen molar-refractivity contribution in [3.63, 3.8) is 0 Å². The molecule has 0 aliphatic heterocycles. The van der Waals surface area contributed by atoms with Gasteiger partial charge in [-0.05, 0) is 27.7 Å². The minimum Gasteiger partial charge on any atom is -0.351 e. The first-order chi connectivity index (χ1) is 6.40. The molecule has 0 N–H and O–H groups in total. The maximum atomic E-state index is 9.43. The molecule has 0 saturated heterocycles. The largest absolute Gasteiger partial charge is 0.351 e. The first-order valence-corrected chi connectivity index (χ1v) is 4.66. The predicted octanol–water partition coefficient (Wildman–Crippen LogP) is 1.68. The molecule has 0 aliphatic rings. The third kappa shape index (κ3) is 22.4. The van der Waals surface area contributed by atoms with E-state index in [1.165, 1.54) is 4.90 Å². The van der Waals surface area contributed by atoms with Crippen molar-refractivity contribution in [2.24, 2.45) is 9.98 Å². The molecule has 1 amide bonds. The zero-order chi connectivity index (χ0) is 11.6. The van der Waals surface area contributed by atoms with Crippen LogP contribution in [0.25, 0.3) is 0 Å². The van der Waals surface area contributed by atoms with Crippen LogP contribution < -0.4 is 0 Å². The second-order valence-electron chi connectivity index (χ2n) is 3.61. The van der Waals surface area contributed by atoms with Crippen LogP contribution in [0.4, 0.5) is 0 Å². The lowest BCUT2D eigenvalue weighted by atomic mass is 10.4. The molecule has 0 unspecified atom stereocenters.